The van der Waals surface area contributed by atoms with Crippen molar-refractivity contribution in [2.75, 3.05) is 10.6 Å². The molecule has 2 aromatic carbocycles. The average molecular weight is 300 g/mol. The van der Waals surface area contributed by atoms with Gasteiger partial charge < -0.3 is 10.6 Å². The van der Waals surface area contributed by atoms with Gasteiger partial charge in [-0.1, -0.05) is 29.8 Å². The van der Waals surface area contributed by atoms with Gasteiger partial charge in [0, 0.05) is 18.3 Å². The zero-order chi connectivity index (χ0) is 15.4. The molecule has 0 saturated heterocycles. The lowest BCUT2D eigenvalue weighted by atomic mass is 10.1. The molecule has 2 rings (SSSR count). The van der Waals surface area contributed by atoms with Gasteiger partial charge in [-0.2, -0.15) is 5.26 Å². The van der Waals surface area contributed by atoms with E-state index in [2.05, 4.69) is 24.8 Å². The summed E-state index contributed by atoms with van der Waals surface area (Å²) in [5.74, 6) is 0. The van der Waals surface area contributed by atoms with Crippen molar-refractivity contribution in [2.45, 2.75) is 26.4 Å². The number of hydrogen-bond donors (Lipinski definition) is 1. The fourth-order valence-electron chi connectivity index (χ4n) is 2.23. The largest absolute Gasteiger partial charge is 0.399 e. The first kappa shape index (κ1) is 15.2. The number of halogens is 1. The van der Waals surface area contributed by atoms with Crippen LogP contribution in [0.2, 0.25) is 5.02 Å². The van der Waals surface area contributed by atoms with Crippen LogP contribution in [0, 0.1) is 11.3 Å². The minimum Gasteiger partial charge on any atom is -0.399 e. The highest BCUT2D eigenvalue weighted by molar-refractivity contribution is 6.32. The first-order valence-electron chi connectivity index (χ1n) is 6.82. The van der Waals surface area contributed by atoms with E-state index in [1.807, 2.05) is 36.4 Å². The predicted octanol–water partition coefficient (Wildman–Crippen LogP) is 4.21. The van der Waals surface area contributed by atoms with E-state index in [1.54, 1.807) is 6.07 Å². The van der Waals surface area contributed by atoms with Gasteiger partial charge in [-0.3, -0.25) is 0 Å². The first-order chi connectivity index (χ1) is 10.0. The maximum absolute atomic E-state index is 9.35. The van der Waals surface area contributed by atoms with Crippen molar-refractivity contribution in [3.8, 4) is 6.07 Å². The molecule has 21 heavy (non-hydrogen) atoms. The number of hydrogen-bond acceptors (Lipinski definition) is 3. The van der Waals surface area contributed by atoms with E-state index < -0.39 is 0 Å². The van der Waals surface area contributed by atoms with E-state index in [1.165, 1.54) is 0 Å². The van der Waals surface area contributed by atoms with Gasteiger partial charge in [0.05, 0.1) is 16.3 Å². The maximum Gasteiger partial charge on any atom is 0.103 e. The third kappa shape index (κ3) is 3.48. The van der Waals surface area contributed by atoms with Gasteiger partial charge in [-0.05, 0) is 43.7 Å². The van der Waals surface area contributed by atoms with Crippen LogP contribution < -0.4 is 10.6 Å². The molecule has 0 aliphatic rings. The first-order valence-corrected chi connectivity index (χ1v) is 7.20. The minimum atomic E-state index is 0.244. The fourth-order valence-corrected chi connectivity index (χ4v) is 2.44. The Morgan fingerprint density at radius 3 is 2.43 bits per heavy atom. The molecule has 0 bridgehead atoms. The number of nitriles is 1. The Balaban J connectivity index is 2.38. The molecule has 0 atom stereocenters. The van der Waals surface area contributed by atoms with Crippen molar-refractivity contribution < 1.29 is 0 Å². The van der Waals surface area contributed by atoms with Gasteiger partial charge in [0.2, 0.25) is 0 Å². The van der Waals surface area contributed by atoms with Crippen LogP contribution in [0.15, 0.2) is 42.5 Å². The Bertz CT molecular complexity index is 657. The molecule has 0 aliphatic heterocycles. The second-order valence-electron chi connectivity index (χ2n) is 5.21. The molecule has 2 aromatic rings. The Hall–Kier alpha value is -2.18. The quantitative estimate of drug-likeness (QED) is 0.860. The lowest BCUT2D eigenvalue weighted by molar-refractivity contribution is 0.682. The highest BCUT2D eigenvalue weighted by Crippen LogP contribution is 2.29. The summed E-state index contributed by atoms with van der Waals surface area (Å²) in [6, 6.07) is 15.8. The van der Waals surface area contributed by atoms with Gasteiger partial charge in [0.15, 0.2) is 0 Å². The van der Waals surface area contributed by atoms with Gasteiger partial charge in [0.1, 0.15) is 6.07 Å². The lowest BCUT2D eigenvalue weighted by Crippen LogP contribution is -2.30. The molecule has 0 fully saturated rings. The van der Waals surface area contributed by atoms with Gasteiger partial charge in [0.25, 0.3) is 0 Å². The summed E-state index contributed by atoms with van der Waals surface area (Å²) in [5, 5.41) is 9.84. The van der Waals surface area contributed by atoms with E-state index in [0.29, 0.717) is 17.1 Å². The molecular formula is C17H18ClN3. The Morgan fingerprint density at radius 2 is 1.86 bits per heavy atom. The lowest BCUT2D eigenvalue weighted by Gasteiger charge is -2.30. The number of anilines is 2. The normalized spacial score (nSPS) is 10.4. The summed E-state index contributed by atoms with van der Waals surface area (Å²) >= 11 is 6.14. The van der Waals surface area contributed by atoms with E-state index in [4.69, 9.17) is 17.3 Å². The molecule has 108 valence electrons. The van der Waals surface area contributed by atoms with E-state index >= 15 is 0 Å². The summed E-state index contributed by atoms with van der Waals surface area (Å²) in [7, 11) is 0. The Labute approximate surface area is 130 Å². The van der Waals surface area contributed by atoms with Crippen molar-refractivity contribution in [1.29, 1.82) is 5.26 Å². The molecule has 0 aliphatic carbocycles. The van der Waals surface area contributed by atoms with E-state index in [0.717, 1.165) is 16.9 Å². The summed E-state index contributed by atoms with van der Waals surface area (Å²) < 4.78 is 0. The third-order valence-electron chi connectivity index (χ3n) is 3.37. The second kappa shape index (κ2) is 6.51. The number of nitrogens with two attached hydrogens (primary N) is 1. The van der Waals surface area contributed by atoms with Crippen LogP contribution >= 0.6 is 11.6 Å². The van der Waals surface area contributed by atoms with Crippen LogP contribution in [0.4, 0.5) is 11.4 Å². The molecule has 4 heteroatoms. The number of rotatable bonds is 4. The number of benzene rings is 2. The molecular weight excluding hydrogens is 282 g/mol. The number of nitrogen functional groups attached to an aromatic ring is 1. The monoisotopic (exact) mass is 299 g/mol. The fraction of sp³-hybridized carbons (Fsp3) is 0.235. The van der Waals surface area contributed by atoms with Crippen LogP contribution in [-0.4, -0.2) is 6.04 Å². The van der Waals surface area contributed by atoms with Crippen molar-refractivity contribution >= 4 is 23.0 Å². The zero-order valence-electron chi connectivity index (χ0n) is 12.2. The van der Waals surface area contributed by atoms with Crippen LogP contribution in [0.25, 0.3) is 0 Å². The summed E-state index contributed by atoms with van der Waals surface area (Å²) in [6.07, 6.45) is 0. The van der Waals surface area contributed by atoms with E-state index in [9.17, 15) is 5.26 Å². The molecule has 0 saturated carbocycles. The summed E-state index contributed by atoms with van der Waals surface area (Å²) in [4.78, 5) is 2.16. The second-order valence-corrected chi connectivity index (χ2v) is 5.62. The van der Waals surface area contributed by atoms with E-state index in [-0.39, 0.29) is 6.04 Å². The van der Waals surface area contributed by atoms with Crippen LogP contribution in [0.1, 0.15) is 25.0 Å². The minimum absolute atomic E-state index is 0.244. The van der Waals surface area contributed by atoms with Crippen molar-refractivity contribution in [3.05, 3.63) is 58.6 Å². The molecule has 0 amide bonds. The molecule has 0 spiro atoms. The SMILES string of the molecule is CC(C)N(Cc1ccc(N)cc1)c1cccc(Cl)c1C#N. The van der Waals surface area contributed by atoms with Crippen molar-refractivity contribution in [3.63, 3.8) is 0 Å². The highest BCUT2D eigenvalue weighted by Gasteiger charge is 2.16. The van der Waals surface area contributed by atoms with Crippen LogP contribution in [0.3, 0.4) is 0 Å². The Morgan fingerprint density at radius 1 is 1.19 bits per heavy atom. The predicted molar refractivity (Wildman–Crippen MR) is 88.3 cm³/mol. The smallest absolute Gasteiger partial charge is 0.103 e. The Kier molecular flexibility index (Phi) is 4.72. The maximum atomic E-state index is 9.35. The number of nitrogens with zero attached hydrogens (tertiary/aromatic N) is 2. The zero-order valence-corrected chi connectivity index (χ0v) is 12.9. The summed E-state index contributed by atoms with van der Waals surface area (Å²) in [6.45, 7) is 4.89. The average Bonchev–Trinajstić information content (AvgIpc) is 2.46. The third-order valence-corrected chi connectivity index (χ3v) is 3.68. The molecule has 0 aromatic heterocycles. The molecule has 0 radical (unpaired) electrons. The molecule has 0 unspecified atom stereocenters. The molecule has 3 nitrogen and oxygen atoms in total. The van der Waals surface area contributed by atoms with Crippen LogP contribution in [-0.2, 0) is 6.54 Å². The van der Waals surface area contributed by atoms with Gasteiger partial charge in [-0.15, -0.1) is 0 Å². The van der Waals surface area contributed by atoms with Crippen molar-refractivity contribution in [2.24, 2.45) is 0 Å². The molecule has 0 heterocycles. The highest BCUT2D eigenvalue weighted by atomic mass is 35.5. The van der Waals surface area contributed by atoms with Gasteiger partial charge >= 0.3 is 0 Å². The topological polar surface area (TPSA) is 53.0 Å². The van der Waals surface area contributed by atoms with Crippen LogP contribution in [0.5, 0.6) is 0 Å². The van der Waals surface area contributed by atoms with Crippen molar-refractivity contribution in [1.82, 2.24) is 0 Å². The molecule has 2 N–H and O–H groups in total. The standard InChI is InChI=1S/C17H18ClN3/c1-12(2)21(11-13-6-8-14(20)9-7-13)17-5-3-4-16(18)15(17)10-19/h3-9,12H,11,20H2,1-2H3. The van der Waals surface area contributed by atoms with Gasteiger partial charge in [-0.25, -0.2) is 0 Å². The summed E-state index contributed by atoms with van der Waals surface area (Å²) in [5.41, 5.74) is 8.98.